The van der Waals surface area contributed by atoms with E-state index in [-0.39, 0.29) is 0 Å². The van der Waals surface area contributed by atoms with Crippen molar-refractivity contribution in [2.24, 2.45) is 0 Å². The first kappa shape index (κ1) is 13.2. The molecule has 3 nitrogen and oxygen atoms in total. The molecule has 0 heterocycles. The minimum atomic E-state index is -4.59. The summed E-state index contributed by atoms with van der Waals surface area (Å²) in [6.07, 6.45) is -4.59. The Balaban J connectivity index is 2.63. The average molecular weight is 254 g/mol. The van der Waals surface area contributed by atoms with Gasteiger partial charge in [0.05, 0.1) is 0 Å². The summed E-state index contributed by atoms with van der Waals surface area (Å²) in [5.41, 5.74) is -0.799. The number of urea groups is 1. The number of hydrogen-bond donors (Lipinski definition) is 2. The monoisotopic (exact) mass is 254 g/mol. The van der Waals surface area contributed by atoms with E-state index in [4.69, 9.17) is 0 Å². The molecule has 0 saturated carbocycles. The lowest BCUT2D eigenvalue weighted by Crippen LogP contribution is -2.37. The van der Waals surface area contributed by atoms with Crippen molar-refractivity contribution in [1.29, 1.82) is 0 Å². The highest BCUT2D eigenvalue weighted by Gasteiger charge is 2.27. The van der Waals surface area contributed by atoms with Gasteiger partial charge in [0, 0.05) is 0 Å². The van der Waals surface area contributed by atoms with E-state index in [0.717, 1.165) is 18.2 Å². The zero-order chi connectivity index (χ0) is 13.1. The van der Waals surface area contributed by atoms with Crippen molar-refractivity contribution in [3.05, 3.63) is 29.8 Å². The van der Waals surface area contributed by atoms with Gasteiger partial charge in [0.1, 0.15) is 23.9 Å². The Labute approximate surface area is 92.6 Å². The molecule has 2 amide bonds. The number of carbonyl (C=O) groups excluding carboxylic acids is 1. The molecule has 0 bridgehead atoms. The molecule has 0 aromatic heterocycles. The standard InChI is InChI=1S/C9H7F5N2O/c10-5-2-1-3-6(11)7(5)16-8(17)15-4-9(12,13)14/h1-3H,4H2,(H2,15,16,17). The maximum atomic E-state index is 13.0. The number of hydrogen-bond acceptors (Lipinski definition) is 1. The van der Waals surface area contributed by atoms with Crippen molar-refractivity contribution < 1.29 is 26.7 Å². The number of benzene rings is 1. The molecule has 17 heavy (non-hydrogen) atoms. The van der Waals surface area contributed by atoms with Gasteiger partial charge in [-0.25, -0.2) is 13.6 Å². The van der Waals surface area contributed by atoms with Gasteiger partial charge in [0.25, 0.3) is 0 Å². The van der Waals surface area contributed by atoms with Gasteiger partial charge in [0.2, 0.25) is 0 Å². The average Bonchev–Trinajstić information content (AvgIpc) is 2.20. The third-order valence-electron chi connectivity index (χ3n) is 1.65. The van der Waals surface area contributed by atoms with E-state index < -0.39 is 36.1 Å². The maximum absolute atomic E-state index is 13.0. The fourth-order valence-corrected chi connectivity index (χ4v) is 0.955. The van der Waals surface area contributed by atoms with Gasteiger partial charge in [-0.05, 0) is 12.1 Å². The van der Waals surface area contributed by atoms with Gasteiger partial charge < -0.3 is 10.6 Å². The third-order valence-corrected chi connectivity index (χ3v) is 1.65. The van der Waals surface area contributed by atoms with Crippen LogP contribution in [0.15, 0.2) is 18.2 Å². The van der Waals surface area contributed by atoms with Crippen LogP contribution in [0, 0.1) is 11.6 Å². The first-order valence-electron chi connectivity index (χ1n) is 4.35. The molecule has 2 N–H and O–H groups in total. The van der Waals surface area contributed by atoms with E-state index in [2.05, 4.69) is 0 Å². The molecule has 0 atom stereocenters. The lowest BCUT2D eigenvalue weighted by Gasteiger charge is -2.10. The molecular weight excluding hydrogens is 247 g/mol. The van der Waals surface area contributed by atoms with E-state index in [9.17, 15) is 26.7 Å². The van der Waals surface area contributed by atoms with Gasteiger partial charge in [-0.2, -0.15) is 13.2 Å². The topological polar surface area (TPSA) is 41.1 Å². The Hall–Kier alpha value is -1.86. The number of rotatable bonds is 2. The van der Waals surface area contributed by atoms with Crippen LogP contribution in [0.2, 0.25) is 0 Å². The summed E-state index contributed by atoms with van der Waals surface area (Å²) < 4.78 is 61.1. The van der Waals surface area contributed by atoms with Crippen LogP contribution in [-0.4, -0.2) is 18.8 Å². The smallest absolute Gasteiger partial charge is 0.329 e. The number of anilines is 1. The van der Waals surface area contributed by atoms with Crippen LogP contribution in [0.25, 0.3) is 0 Å². The van der Waals surface area contributed by atoms with Gasteiger partial charge in [-0.1, -0.05) is 6.07 Å². The Morgan fingerprint density at radius 3 is 2.18 bits per heavy atom. The number of alkyl halides is 3. The lowest BCUT2D eigenvalue weighted by molar-refractivity contribution is -0.122. The summed E-state index contributed by atoms with van der Waals surface area (Å²) in [4.78, 5) is 10.9. The fourth-order valence-electron chi connectivity index (χ4n) is 0.955. The quantitative estimate of drug-likeness (QED) is 0.782. The summed E-state index contributed by atoms with van der Waals surface area (Å²) in [5.74, 6) is -2.15. The predicted octanol–water partition coefficient (Wildman–Crippen LogP) is 2.65. The highest BCUT2D eigenvalue weighted by molar-refractivity contribution is 5.89. The van der Waals surface area contributed by atoms with Crippen LogP contribution >= 0.6 is 0 Å². The van der Waals surface area contributed by atoms with E-state index in [0.29, 0.717) is 0 Å². The molecule has 0 spiro atoms. The zero-order valence-corrected chi connectivity index (χ0v) is 8.24. The molecule has 0 aliphatic rings. The van der Waals surface area contributed by atoms with Crippen LogP contribution in [-0.2, 0) is 0 Å². The Kier molecular flexibility index (Phi) is 3.87. The summed E-state index contributed by atoms with van der Waals surface area (Å²) in [6, 6.07) is 1.44. The first-order valence-corrected chi connectivity index (χ1v) is 4.35. The highest BCUT2D eigenvalue weighted by Crippen LogP contribution is 2.18. The maximum Gasteiger partial charge on any atom is 0.405 e. The minimum absolute atomic E-state index is 0.799. The van der Waals surface area contributed by atoms with Gasteiger partial charge in [0.15, 0.2) is 0 Å². The molecule has 0 radical (unpaired) electrons. The Morgan fingerprint density at radius 1 is 1.18 bits per heavy atom. The number of amides is 2. The summed E-state index contributed by atoms with van der Waals surface area (Å²) in [7, 11) is 0. The zero-order valence-electron chi connectivity index (χ0n) is 8.24. The predicted molar refractivity (Wildman–Crippen MR) is 49.4 cm³/mol. The van der Waals surface area contributed by atoms with E-state index >= 15 is 0 Å². The molecule has 0 unspecified atom stereocenters. The van der Waals surface area contributed by atoms with Gasteiger partial charge >= 0.3 is 12.2 Å². The summed E-state index contributed by atoms with van der Waals surface area (Å²) in [5, 5.41) is 3.07. The van der Waals surface area contributed by atoms with Gasteiger partial charge in [-0.15, -0.1) is 0 Å². The number of carbonyl (C=O) groups is 1. The first-order chi connectivity index (χ1) is 7.79. The fraction of sp³-hybridized carbons (Fsp3) is 0.222. The second kappa shape index (κ2) is 4.98. The molecule has 8 heteroatoms. The largest absolute Gasteiger partial charge is 0.405 e. The molecular formula is C9H7F5N2O. The second-order valence-electron chi connectivity index (χ2n) is 3.02. The van der Waals surface area contributed by atoms with Crippen molar-refractivity contribution >= 4 is 11.7 Å². The van der Waals surface area contributed by atoms with Crippen molar-refractivity contribution in [2.75, 3.05) is 11.9 Å². The SMILES string of the molecule is O=C(NCC(F)(F)F)Nc1c(F)cccc1F. The summed E-state index contributed by atoms with van der Waals surface area (Å²) >= 11 is 0. The molecule has 0 aliphatic heterocycles. The molecule has 0 aliphatic carbocycles. The van der Waals surface area contributed by atoms with Crippen LogP contribution in [0.3, 0.4) is 0 Å². The molecule has 1 rings (SSSR count). The van der Waals surface area contributed by atoms with Crippen molar-refractivity contribution in [3.8, 4) is 0 Å². The second-order valence-corrected chi connectivity index (χ2v) is 3.02. The Morgan fingerprint density at radius 2 is 1.71 bits per heavy atom. The van der Waals surface area contributed by atoms with Crippen LogP contribution in [0.1, 0.15) is 0 Å². The Bertz CT molecular complexity index is 398. The molecule has 0 fully saturated rings. The molecule has 0 saturated heterocycles. The van der Waals surface area contributed by atoms with Crippen LogP contribution < -0.4 is 10.6 Å². The number of nitrogens with one attached hydrogen (secondary N) is 2. The minimum Gasteiger partial charge on any atom is -0.329 e. The van der Waals surface area contributed by atoms with Crippen LogP contribution in [0.5, 0.6) is 0 Å². The lowest BCUT2D eigenvalue weighted by atomic mass is 10.3. The van der Waals surface area contributed by atoms with E-state index in [1.54, 1.807) is 5.32 Å². The van der Waals surface area contributed by atoms with Crippen LogP contribution in [0.4, 0.5) is 32.4 Å². The molecule has 1 aromatic rings. The third kappa shape index (κ3) is 4.25. The highest BCUT2D eigenvalue weighted by atomic mass is 19.4. The normalized spacial score (nSPS) is 11.1. The summed E-state index contributed by atoms with van der Waals surface area (Å²) in [6.45, 7) is -1.59. The molecule has 94 valence electrons. The number of para-hydroxylation sites is 1. The van der Waals surface area contributed by atoms with Crippen molar-refractivity contribution in [3.63, 3.8) is 0 Å². The van der Waals surface area contributed by atoms with Gasteiger partial charge in [-0.3, -0.25) is 0 Å². The molecule has 1 aromatic carbocycles. The van der Waals surface area contributed by atoms with Crippen molar-refractivity contribution in [2.45, 2.75) is 6.18 Å². The van der Waals surface area contributed by atoms with E-state index in [1.807, 2.05) is 0 Å². The van der Waals surface area contributed by atoms with Crippen molar-refractivity contribution in [1.82, 2.24) is 5.32 Å². The van der Waals surface area contributed by atoms with E-state index in [1.165, 1.54) is 5.32 Å². The number of halogens is 5.